The van der Waals surface area contributed by atoms with Gasteiger partial charge in [-0.2, -0.15) is 0 Å². The van der Waals surface area contributed by atoms with Gasteiger partial charge >= 0.3 is 9.28 Å². The van der Waals surface area contributed by atoms with Crippen molar-refractivity contribution < 1.29 is 13.6 Å². The van der Waals surface area contributed by atoms with Crippen LogP contribution < -0.4 is 0 Å². The van der Waals surface area contributed by atoms with E-state index in [-0.39, 0.29) is 11.9 Å². The van der Waals surface area contributed by atoms with Crippen LogP contribution in [0.4, 0.5) is 0 Å². The monoisotopic (exact) mass is 398 g/mol. The highest BCUT2D eigenvalue weighted by atomic mass is 28.3. The summed E-state index contributed by atoms with van der Waals surface area (Å²) in [5.41, 5.74) is 0. The smallest absolute Gasteiger partial charge is 0.385 e. The molecule has 160 valence electrons. The van der Waals surface area contributed by atoms with Gasteiger partial charge in [0.15, 0.2) is 0 Å². The first-order valence-electron chi connectivity index (χ1n) is 12.1. The standard InChI is InChI=1S/C23H46O3Si/c1-3-4-5-6-7-8-9-10-11-12-13-14-15-16-19-22(2)23(24)26-27-21-18-17-20-25-27/h22,27H,3-21H2,1-2H3. The summed E-state index contributed by atoms with van der Waals surface area (Å²) in [6.07, 6.45) is 22.5. The number of unbranched alkanes of at least 4 members (excludes halogenated alkanes) is 13. The van der Waals surface area contributed by atoms with Crippen molar-refractivity contribution in [1.29, 1.82) is 0 Å². The van der Waals surface area contributed by atoms with Crippen LogP contribution in [0.1, 0.15) is 123 Å². The molecular weight excluding hydrogens is 352 g/mol. The van der Waals surface area contributed by atoms with Crippen molar-refractivity contribution >= 4 is 15.3 Å². The Labute approximate surface area is 170 Å². The summed E-state index contributed by atoms with van der Waals surface area (Å²) >= 11 is 0. The van der Waals surface area contributed by atoms with Crippen LogP contribution in [0.3, 0.4) is 0 Å². The molecule has 0 aromatic rings. The minimum Gasteiger partial charge on any atom is -0.496 e. The van der Waals surface area contributed by atoms with Gasteiger partial charge in [-0.25, -0.2) is 0 Å². The second-order valence-electron chi connectivity index (χ2n) is 8.52. The SMILES string of the molecule is CCCCCCCCCCCCCCCCC(C)C(=O)O[SiH]1CCCCO1. The van der Waals surface area contributed by atoms with Crippen molar-refractivity contribution in [1.82, 2.24) is 0 Å². The fraction of sp³-hybridized carbons (Fsp3) is 0.957. The Morgan fingerprint density at radius 3 is 1.85 bits per heavy atom. The summed E-state index contributed by atoms with van der Waals surface area (Å²) in [5.74, 6) is 0.0311. The lowest BCUT2D eigenvalue weighted by atomic mass is 10.0. The van der Waals surface area contributed by atoms with Crippen LogP contribution in [-0.4, -0.2) is 21.9 Å². The second-order valence-corrected chi connectivity index (χ2v) is 10.5. The molecule has 1 aliphatic rings. The molecule has 0 saturated carbocycles. The topological polar surface area (TPSA) is 35.5 Å². The Balaban J connectivity index is 1.82. The molecule has 0 bridgehead atoms. The third-order valence-corrected chi connectivity index (χ3v) is 7.76. The number of hydrogen-bond acceptors (Lipinski definition) is 3. The normalized spacial score (nSPS) is 18.4. The van der Waals surface area contributed by atoms with Gasteiger partial charge in [-0.3, -0.25) is 4.79 Å². The third kappa shape index (κ3) is 14.3. The van der Waals surface area contributed by atoms with E-state index < -0.39 is 9.28 Å². The molecule has 0 amide bonds. The van der Waals surface area contributed by atoms with Crippen molar-refractivity contribution in [2.24, 2.45) is 5.92 Å². The van der Waals surface area contributed by atoms with Crippen LogP contribution in [0.5, 0.6) is 0 Å². The molecule has 27 heavy (non-hydrogen) atoms. The van der Waals surface area contributed by atoms with Gasteiger partial charge in [0.1, 0.15) is 0 Å². The van der Waals surface area contributed by atoms with Crippen molar-refractivity contribution in [3.8, 4) is 0 Å². The highest BCUT2D eigenvalue weighted by Crippen LogP contribution is 2.18. The van der Waals surface area contributed by atoms with E-state index in [1.54, 1.807) is 0 Å². The predicted octanol–water partition coefficient (Wildman–Crippen LogP) is 7.07. The fourth-order valence-corrected chi connectivity index (χ4v) is 5.71. The molecule has 1 rings (SSSR count). The summed E-state index contributed by atoms with van der Waals surface area (Å²) < 4.78 is 11.2. The lowest BCUT2D eigenvalue weighted by Gasteiger charge is -2.22. The maximum Gasteiger partial charge on any atom is 0.385 e. The molecule has 1 fully saturated rings. The molecular formula is C23H46O3Si. The van der Waals surface area contributed by atoms with E-state index in [2.05, 4.69) is 6.92 Å². The van der Waals surface area contributed by atoms with Crippen molar-refractivity contribution in [3.63, 3.8) is 0 Å². The Hall–Kier alpha value is -0.353. The quantitative estimate of drug-likeness (QED) is 0.194. The number of carbonyl (C=O) groups is 1. The highest BCUT2D eigenvalue weighted by Gasteiger charge is 2.24. The van der Waals surface area contributed by atoms with Crippen molar-refractivity contribution in [2.45, 2.75) is 129 Å². The number of hydrogen-bond donors (Lipinski definition) is 0. The second kappa shape index (κ2) is 17.7. The minimum atomic E-state index is -1.67. The van der Waals surface area contributed by atoms with Crippen LogP contribution in [0.15, 0.2) is 0 Å². The Morgan fingerprint density at radius 1 is 0.852 bits per heavy atom. The summed E-state index contributed by atoms with van der Waals surface area (Å²) in [6.45, 7) is 5.09. The zero-order valence-electron chi connectivity index (χ0n) is 18.3. The van der Waals surface area contributed by atoms with E-state index in [0.29, 0.717) is 0 Å². The molecule has 1 aliphatic heterocycles. The van der Waals surface area contributed by atoms with Crippen molar-refractivity contribution in [2.75, 3.05) is 6.61 Å². The first kappa shape index (κ1) is 24.7. The summed E-state index contributed by atoms with van der Waals surface area (Å²) in [7, 11) is -1.67. The van der Waals surface area contributed by atoms with Crippen LogP contribution in [0.25, 0.3) is 0 Å². The Morgan fingerprint density at radius 2 is 1.37 bits per heavy atom. The predicted molar refractivity (Wildman–Crippen MR) is 117 cm³/mol. The zero-order valence-corrected chi connectivity index (χ0v) is 19.5. The van der Waals surface area contributed by atoms with Gasteiger partial charge in [-0.1, -0.05) is 104 Å². The summed E-state index contributed by atoms with van der Waals surface area (Å²) in [6, 6.07) is 0.997. The van der Waals surface area contributed by atoms with E-state index in [9.17, 15) is 4.79 Å². The summed E-state index contributed by atoms with van der Waals surface area (Å²) in [4.78, 5) is 12.1. The van der Waals surface area contributed by atoms with Crippen molar-refractivity contribution in [3.05, 3.63) is 0 Å². The number of rotatable bonds is 17. The third-order valence-electron chi connectivity index (χ3n) is 5.78. The minimum absolute atomic E-state index is 0.0109. The fourth-order valence-electron chi connectivity index (χ4n) is 3.81. The van der Waals surface area contributed by atoms with Crippen LogP contribution >= 0.6 is 0 Å². The molecule has 2 unspecified atom stereocenters. The molecule has 0 radical (unpaired) electrons. The van der Waals surface area contributed by atoms with Crippen LogP contribution in [0, 0.1) is 5.92 Å². The number of carbonyl (C=O) groups excluding carboxylic acids is 1. The molecule has 0 aromatic carbocycles. The maximum atomic E-state index is 12.1. The average Bonchev–Trinajstić information content (AvgIpc) is 2.68. The lowest BCUT2D eigenvalue weighted by molar-refractivity contribution is -0.140. The first-order chi connectivity index (χ1) is 13.2. The lowest BCUT2D eigenvalue weighted by Crippen LogP contribution is -2.32. The zero-order chi connectivity index (χ0) is 19.6. The van der Waals surface area contributed by atoms with E-state index in [1.165, 1.54) is 83.5 Å². The van der Waals surface area contributed by atoms with Gasteiger partial charge in [0.25, 0.3) is 5.97 Å². The summed E-state index contributed by atoms with van der Waals surface area (Å²) in [5, 5.41) is 0. The molecule has 1 saturated heterocycles. The molecule has 3 nitrogen and oxygen atoms in total. The average molecular weight is 399 g/mol. The van der Waals surface area contributed by atoms with Crippen LogP contribution in [-0.2, 0) is 13.6 Å². The maximum absolute atomic E-state index is 12.1. The van der Waals surface area contributed by atoms with E-state index in [1.807, 2.05) is 6.92 Å². The van der Waals surface area contributed by atoms with Gasteiger partial charge in [-0.05, 0) is 25.3 Å². The van der Waals surface area contributed by atoms with Gasteiger partial charge < -0.3 is 8.85 Å². The van der Waals surface area contributed by atoms with E-state index in [4.69, 9.17) is 8.85 Å². The molecule has 0 spiro atoms. The molecule has 0 aromatic heterocycles. The molecule has 0 N–H and O–H groups in total. The van der Waals surface area contributed by atoms with E-state index in [0.717, 1.165) is 38.3 Å². The molecule has 4 heteroatoms. The Bertz CT molecular complexity index is 343. The first-order valence-corrected chi connectivity index (χ1v) is 13.8. The van der Waals surface area contributed by atoms with Gasteiger partial charge in [0.2, 0.25) is 0 Å². The highest BCUT2D eigenvalue weighted by molar-refractivity contribution is 6.46. The molecule has 2 atom stereocenters. The van der Waals surface area contributed by atoms with Gasteiger partial charge in [-0.15, -0.1) is 0 Å². The van der Waals surface area contributed by atoms with Gasteiger partial charge in [0.05, 0.1) is 5.92 Å². The van der Waals surface area contributed by atoms with Gasteiger partial charge in [0, 0.05) is 6.61 Å². The van der Waals surface area contributed by atoms with E-state index >= 15 is 0 Å². The van der Waals surface area contributed by atoms with Crippen LogP contribution in [0.2, 0.25) is 6.04 Å². The Kier molecular flexibility index (Phi) is 16.2. The molecule has 1 heterocycles. The molecule has 0 aliphatic carbocycles. The largest absolute Gasteiger partial charge is 0.496 e.